The minimum Gasteiger partial charge on any atom is -0.227 e. The summed E-state index contributed by atoms with van der Waals surface area (Å²) in [5, 5.41) is 0. The molecule has 3 aliphatic heterocycles. The Kier molecular flexibility index (Phi) is 0.814. The molecule has 3 rings (SSSR count). The molecule has 4 nitrogen and oxygen atoms in total. The summed E-state index contributed by atoms with van der Waals surface area (Å²) in [4.78, 5) is 0. The van der Waals surface area contributed by atoms with Crippen LogP contribution in [0, 0.1) is 5.92 Å². The minimum absolute atomic E-state index is 0.105. The van der Waals surface area contributed by atoms with E-state index in [1.54, 1.807) is 0 Å². The molecule has 3 fully saturated rings. The number of phosphoric acid groups is 1. The highest BCUT2D eigenvalue weighted by Crippen LogP contribution is 2.81. The Bertz CT molecular complexity index is 172. The van der Waals surface area contributed by atoms with Gasteiger partial charge in [-0.3, -0.25) is 0 Å². The lowest BCUT2D eigenvalue weighted by atomic mass is 10.2. The third kappa shape index (κ3) is 0.521. The van der Waals surface area contributed by atoms with E-state index in [2.05, 4.69) is 0 Å². The van der Waals surface area contributed by atoms with Gasteiger partial charge in [0, 0.05) is 5.92 Å². The normalized spacial score (nSPS) is 54.6. The maximum atomic E-state index is 10.6. The van der Waals surface area contributed by atoms with Gasteiger partial charge in [0.15, 0.2) is 0 Å². The SMILES string of the molecule is CC(C)C12OP(=O)(O1)O2. The molecule has 0 aliphatic carbocycles. The van der Waals surface area contributed by atoms with E-state index in [0.717, 1.165) is 0 Å². The third-order valence-corrected chi connectivity index (χ3v) is 2.86. The Morgan fingerprint density at radius 1 is 1.33 bits per heavy atom. The lowest BCUT2D eigenvalue weighted by Gasteiger charge is -2.57. The van der Waals surface area contributed by atoms with Gasteiger partial charge in [0.05, 0.1) is 0 Å². The Morgan fingerprint density at radius 3 is 1.89 bits per heavy atom. The maximum Gasteiger partial charge on any atom is 0.488 e. The fraction of sp³-hybridized carbons (Fsp3) is 1.00. The van der Waals surface area contributed by atoms with Crippen molar-refractivity contribution in [3.05, 3.63) is 0 Å². The van der Waals surface area contributed by atoms with Gasteiger partial charge >= 0.3 is 13.8 Å². The van der Waals surface area contributed by atoms with Crippen LogP contribution in [0.2, 0.25) is 0 Å². The summed E-state index contributed by atoms with van der Waals surface area (Å²) < 4.78 is 24.9. The molecule has 0 aromatic carbocycles. The number of rotatable bonds is 1. The molecule has 0 unspecified atom stereocenters. The molecule has 2 bridgehead atoms. The number of hydrogen-bond acceptors (Lipinski definition) is 4. The fourth-order valence-corrected chi connectivity index (χ4v) is 2.41. The van der Waals surface area contributed by atoms with Crippen molar-refractivity contribution in [1.82, 2.24) is 0 Å². The van der Waals surface area contributed by atoms with E-state index >= 15 is 0 Å². The summed E-state index contributed by atoms with van der Waals surface area (Å²) in [5.74, 6) is -0.830. The van der Waals surface area contributed by atoms with E-state index in [0.29, 0.717) is 0 Å². The summed E-state index contributed by atoms with van der Waals surface area (Å²) in [5.41, 5.74) is 0. The Morgan fingerprint density at radius 2 is 1.78 bits per heavy atom. The van der Waals surface area contributed by atoms with Gasteiger partial charge in [-0.05, 0) is 0 Å². The number of hydrogen-bond donors (Lipinski definition) is 0. The van der Waals surface area contributed by atoms with Crippen molar-refractivity contribution < 1.29 is 18.1 Å². The minimum atomic E-state index is -2.94. The molecule has 0 amide bonds. The van der Waals surface area contributed by atoms with Gasteiger partial charge in [-0.25, -0.2) is 18.1 Å². The van der Waals surface area contributed by atoms with E-state index in [9.17, 15) is 4.57 Å². The highest BCUT2D eigenvalue weighted by Gasteiger charge is 2.75. The predicted molar refractivity (Wildman–Crippen MR) is 28.4 cm³/mol. The first-order chi connectivity index (χ1) is 4.06. The van der Waals surface area contributed by atoms with Gasteiger partial charge in [-0.2, -0.15) is 0 Å². The van der Waals surface area contributed by atoms with Gasteiger partial charge < -0.3 is 0 Å². The molecule has 0 atom stereocenters. The first-order valence-corrected chi connectivity index (χ1v) is 4.25. The van der Waals surface area contributed by atoms with Crippen LogP contribution in [0.1, 0.15) is 13.8 Å². The monoisotopic (exact) mass is 150 g/mol. The van der Waals surface area contributed by atoms with Crippen molar-refractivity contribution in [2.45, 2.75) is 19.8 Å². The molecule has 5 heteroatoms. The molecular formula is C4H7O4P. The molecule has 3 heterocycles. The molecule has 3 aliphatic rings. The van der Waals surface area contributed by atoms with Crippen molar-refractivity contribution in [1.29, 1.82) is 0 Å². The molecule has 0 aromatic heterocycles. The average molecular weight is 150 g/mol. The lowest BCUT2D eigenvalue weighted by molar-refractivity contribution is -0.447. The zero-order valence-electron chi connectivity index (χ0n) is 5.16. The number of phosphoric ester groups is 1. The van der Waals surface area contributed by atoms with Crippen LogP contribution in [0.3, 0.4) is 0 Å². The van der Waals surface area contributed by atoms with Gasteiger partial charge in [0.1, 0.15) is 0 Å². The van der Waals surface area contributed by atoms with Crippen molar-refractivity contribution >= 4 is 7.82 Å². The summed E-state index contributed by atoms with van der Waals surface area (Å²) in [6.07, 6.45) is 0. The van der Waals surface area contributed by atoms with E-state index in [1.807, 2.05) is 13.8 Å². The first-order valence-electron chi connectivity index (χ1n) is 2.79. The maximum absolute atomic E-state index is 10.6. The molecule has 52 valence electrons. The summed E-state index contributed by atoms with van der Waals surface area (Å²) >= 11 is 0. The van der Waals surface area contributed by atoms with Crippen LogP contribution >= 0.6 is 7.82 Å². The van der Waals surface area contributed by atoms with Gasteiger partial charge in [-0.1, -0.05) is 13.8 Å². The van der Waals surface area contributed by atoms with Crippen molar-refractivity contribution in [3.63, 3.8) is 0 Å². The van der Waals surface area contributed by atoms with Crippen molar-refractivity contribution in [2.24, 2.45) is 5.92 Å². The van der Waals surface area contributed by atoms with E-state index < -0.39 is 13.8 Å². The Hall–Kier alpha value is 0.110. The van der Waals surface area contributed by atoms with Crippen LogP contribution in [-0.2, 0) is 18.1 Å². The third-order valence-electron chi connectivity index (χ3n) is 1.42. The zero-order chi connectivity index (χ0) is 6.70. The van der Waals surface area contributed by atoms with Gasteiger partial charge in [0.25, 0.3) is 0 Å². The van der Waals surface area contributed by atoms with Crippen LogP contribution in [0.4, 0.5) is 0 Å². The second-order valence-electron chi connectivity index (χ2n) is 2.48. The Balaban J connectivity index is 2.12. The first kappa shape index (κ1) is 5.86. The van der Waals surface area contributed by atoms with Crippen LogP contribution in [-0.4, -0.2) is 5.97 Å². The molecule has 3 saturated heterocycles. The molecule has 0 N–H and O–H groups in total. The zero-order valence-corrected chi connectivity index (χ0v) is 6.05. The van der Waals surface area contributed by atoms with Crippen LogP contribution in [0.15, 0.2) is 0 Å². The van der Waals surface area contributed by atoms with Gasteiger partial charge in [-0.15, -0.1) is 0 Å². The van der Waals surface area contributed by atoms with E-state index in [4.69, 9.17) is 13.6 Å². The highest BCUT2D eigenvalue weighted by molar-refractivity contribution is 7.51. The standard InChI is InChI=1S/C4H7O4P/c1-3(2)4-6-9(5,7-4)8-4/h3H,1-2H3. The van der Waals surface area contributed by atoms with Crippen molar-refractivity contribution in [2.75, 3.05) is 0 Å². The van der Waals surface area contributed by atoms with Crippen LogP contribution < -0.4 is 0 Å². The second-order valence-corrected chi connectivity index (χ2v) is 3.92. The second kappa shape index (κ2) is 1.25. The summed E-state index contributed by atoms with van der Waals surface area (Å²) in [6.45, 7) is 3.76. The fourth-order valence-electron chi connectivity index (χ4n) is 0.804. The quantitative estimate of drug-likeness (QED) is 0.531. The average Bonchev–Trinajstić information content (AvgIpc) is 1.54. The molecule has 0 spiro atoms. The molecule has 0 radical (unpaired) electrons. The Labute approximate surface area is 52.7 Å². The summed E-state index contributed by atoms with van der Waals surface area (Å²) in [6, 6.07) is 0. The topological polar surface area (TPSA) is 44.8 Å². The lowest BCUT2D eigenvalue weighted by Crippen LogP contribution is -2.60. The largest absolute Gasteiger partial charge is 0.488 e. The highest BCUT2D eigenvalue weighted by atomic mass is 31.2. The van der Waals surface area contributed by atoms with Crippen molar-refractivity contribution in [3.8, 4) is 0 Å². The van der Waals surface area contributed by atoms with Gasteiger partial charge in [0.2, 0.25) is 0 Å². The summed E-state index contributed by atoms with van der Waals surface area (Å²) in [7, 11) is -2.94. The van der Waals surface area contributed by atoms with E-state index in [-0.39, 0.29) is 5.92 Å². The van der Waals surface area contributed by atoms with E-state index in [1.165, 1.54) is 0 Å². The molecular weight excluding hydrogens is 143 g/mol. The van der Waals surface area contributed by atoms with Crippen LogP contribution in [0.25, 0.3) is 0 Å². The van der Waals surface area contributed by atoms with Crippen LogP contribution in [0.5, 0.6) is 0 Å². The predicted octanol–water partition coefficient (Wildman–Crippen LogP) is 1.48. The molecule has 0 aromatic rings. The smallest absolute Gasteiger partial charge is 0.227 e. The molecule has 9 heavy (non-hydrogen) atoms. The molecule has 0 saturated carbocycles.